The van der Waals surface area contributed by atoms with Crippen LogP contribution >= 0.6 is 0 Å². The van der Waals surface area contributed by atoms with Crippen molar-refractivity contribution in [2.75, 3.05) is 0 Å². The smallest absolute Gasteiger partial charge is 0.167 e. The number of hydrogen-bond donors (Lipinski definition) is 0. The zero-order valence-corrected chi connectivity index (χ0v) is 12.3. The van der Waals surface area contributed by atoms with Crippen molar-refractivity contribution in [3.8, 4) is 5.69 Å². The lowest BCUT2D eigenvalue weighted by molar-refractivity contribution is 0.0959. The Morgan fingerprint density at radius 3 is 2.68 bits per heavy atom. The maximum absolute atomic E-state index is 12.4. The summed E-state index contributed by atoms with van der Waals surface area (Å²) in [6.45, 7) is 1.92. The zero-order chi connectivity index (χ0) is 15.1. The Balaban J connectivity index is 1.76. The molecule has 0 bridgehead atoms. The maximum atomic E-state index is 12.4. The third kappa shape index (κ3) is 2.08. The molecule has 110 valence electrons. The fraction of sp³-hybridized carbons (Fsp3) is 0.222. The van der Waals surface area contributed by atoms with Gasteiger partial charge in [0.15, 0.2) is 5.78 Å². The Labute approximate surface area is 128 Å². The first-order valence-corrected chi connectivity index (χ1v) is 7.44. The van der Waals surface area contributed by atoms with Crippen molar-refractivity contribution in [3.63, 3.8) is 0 Å². The van der Waals surface area contributed by atoms with Crippen LogP contribution in [0.4, 0.5) is 0 Å². The predicted octanol–water partition coefficient (Wildman–Crippen LogP) is 3.69. The highest BCUT2D eigenvalue weighted by Crippen LogP contribution is 2.34. The normalized spacial score (nSPS) is 17.5. The van der Waals surface area contributed by atoms with Gasteiger partial charge in [0, 0.05) is 18.8 Å². The molecule has 0 unspecified atom stereocenters. The summed E-state index contributed by atoms with van der Waals surface area (Å²) in [7, 11) is 0. The van der Waals surface area contributed by atoms with E-state index >= 15 is 0 Å². The Kier molecular flexibility index (Phi) is 2.96. The number of ketones is 1. The number of rotatable bonds is 2. The van der Waals surface area contributed by atoms with E-state index in [0.717, 1.165) is 34.9 Å². The number of para-hydroxylation sites is 1. The van der Waals surface area contributed by atoms with E-state index in [1.165, 1.54) is 0 Å². The van der Waals surface area contributed by atoms with Crippen LogP contribution in [0.5, 0.6) is 0 Å². The number of nitrogens with zero attached hydrogens (tertiary/aromatic N) is 2. The topological polar surface area (TPSA) is 48.0 Å². The largest absolute Gasteiger partial charge is 0.466 e. The van der Waals surface area contributed by atoms with Crippen molar-refractivity contribution in [1.29, 1.82) is 0 Å². The molecule has 4 nitrogen and oxygen atoms in total. The fourth-order valence-electron chi connectivity index (χ4n) is 3.11. The second kappa shape index (κ2) is 4.98. The van der Waals surface area contributed by atoms with Crippen LogP contribution in [0.25, 0.3) is 5.69 Å². The highest BCUT2D eigenvalue weighted by Gasteiger charge is 2.31. The molecule has 1 aliphatic carbocycles. The van der Waals surface area contributed by atoms with E-state index in [-0.39, 0.29) is 11.7 Å². The molecule has 0 saturated heterocycles. The molecule has 2 heterocycles. The number of fused-ring (bicyclic) bond motifs is 1. The minimum atomic E-state index is 0.0906. The zero-order valence-electron chi connectivity index (χ0n) is 12.3. The summed E-state index contributed by atoms with van der Waals surface area (Å²) in [4.78, 5) is 12.4. The van der Waals surface area contributed by atoms with E-state index in [2.05, 4.69) is 5.10 Å². The van der Waals surface area contributed by atoms with Gasteiger partial charge in [-0.25, -0.2) is 4.68 Å². The highest BCUT2D eigenvalue weighted by molar-refractivity contribution is 5.98. The SMILES string of the molecule is Cc1ccc([C@H]2CC(=O)c3cnn(-c4ccccc4)c3C2)o1. The van der Waals surface area contributed by atoms with Crippen LogP contribution in [0.2, 0.25) is 0 Å². The molecule has 2 aromatic heterocycles. The van der Waals surface area contributed by atoms with E-state index < -0.39 is 0 Å². The van der Waals surface area contributed by atoms with Crippen molar-refractivity contribution in [1.82, 2.24) is 9.78 Å². The molecule has 0 spiro atoms. The molecule has 1 aromatic carbocycles. The first kappa shape index (κ1) is 13.1. The Bertz CT molecular complexity index is 830. The van der Waals surface area contributed by atoms with Crippen molar-refractivity contribution < 1.29 is 9.21 Å². The van der Waals surface area contributed by atoms with Crippen molar-refractivity contribution >= 4 is 5.78 Å². The Morgan fingerprint density at radius 1 is 1.14 bits per heavy atom. The lowest BCUT2D eigenvalue weighted by Crippen LogP contribution is -2.19. The van der Waals surface area contributed by atoms with Gasteiger partial charge in [0.25, 0.3) is 0 Å². The number of carbonyl (C=O) groups is 1. The molecule has 1 aliphatic rings. The Morgan fingerprint density at radius 2 is 1.95 bits per heavy atom. The van der Waals surface area contributed by atoms with Crippen molar-refractivity contribution in [2.24, 2.45) is 0 Å². The summed E-state index contributed by atoms with van der Waals surface area (Å²) in [6.07, 6.45) is 2.94. The lowest BCUT2D eigenvalue weighted by Gasteiger charge is -2.21. The third-order valence-corrected chi connectivity index (χ3v) is 4.21. The van der Waals surface area contributed by atoms with Gasteiger partial charge in [0.05, 0.1) is 23.1 Å². The quantitative estimate of drug-likeness (QED) is 0.723. The Hall–Kier alpha value is -2.62. The predicted molar refractivity (Wildman–Crippen MR) is 82.4 cm³/mol. The molecular weight excluding hydrogens is 276 g/mol. The summed E-state index contributed by atoms with van der Waals surface area (Å²) < 4.78 is 7.60. The second-order valence-corrected chi connectivity index (χ2v) is 5.73. The summed E-state index contributed by atoms with van der Waals surface area (Å²) in [6, 6.07) is 13.8. The van der Waals surface area contributed by atoms with Crippen molar-refractivity contribution in [2.45, 2.75) is 25.7 Å². The maximum Gasteiger partial charge on any atom is 0.167 e. The van der Waals surface area contributed by atoms with Crippen LogP contribution in [0.3, 0.4) is 0 Å². The number of Topliss-reactive ketones (excluding diaryl/α,β-unsaturated/α-hetero) is 1. The number of aromatic nitrogens is 2. The minimum Gasteiger partial charge on any atom is -0.466 e. The molecule has 0 amide bonds. The first-order valence-electron chi connectivity index (χ1n) is 7.44. The monoisotopic (exact) mass is 292 g/mol. The van der Waals surface area contributed by atoms with Crippen LogP contribution < -0.4 is 0 Å². The van der Waals surface area contributed by atoms with Gasteiger partial charge in [-0.1, -0.05) is 18.2 Å². The summed E-state index contributed by atoms with van der Waals surface area (Å²) in [5.41, 5.74) is 2.69. The molecule has 0 aliphatic heterocycles. The molecular formula is C18H16N2O2. The van der Waals surface area contributed by atoms with Gasteiger partial charge in [-0.05, 0) is 31.2 Å². The van der Waals surface area contributed by atoms with Gasteiger partial charge in [-0.2, -0.15) is 5.10 Å². The van der Waals surface area contributed by atoms with Crippen LogP contribution in [0.1, 0.15) is 39.9 Å². The molecule has 0 radical (unpaired) electrons. The first-order chi connectivity index (χ1) is 10.7. The van der Waals surface area contributed by atoms with Gasteiger partial charge in [-0.3, -0.25) is 4.79 Å². The van der Waals surface area contributed by atoms with E-state index in [1.807, 2.05) is 54.1 Å². The molecule has 0 fully saturated rings. The molecule has 0 N–H and O–H groups in total. The summed E-state index contributed by atoms with van der Waals surface area (Å²) >= 11 is 0. The number of hydrogen-bond acceptors (Lipinski definition) is 3. The number of furan rings is 1. The average Bonchev–Trinajstić information content (AvgIpc) is 3.14. The summed E-state index contributed by atoms with van der Waals surface area (Å²) in [5, 5.41) is 4.42. The molecule has 0 saturated carbocycles. The highest BCUT2D eigenvalue weighted by atomic mass is 16.3. The molecule has 4 heteroatoms. The van der Waals surface area contributed by atoms with Gasteiger partial charge in [0.2, 0.25) is 0 Å². The number of aryl methyl sites for hydroxylation is 1. The molecule has 1 atom stereocenters. The molecule has 3 aromatic rings. The van der Waals surface area contributed by atoms with E-state index in [1.54, 1.807) is 6.20 Å². The van der Waals surface area contributed by atoms with Crippen LogP contribution in [0, 0.1) is 6.92 Å². The molecule has 22 heavy (non-hydrogen) atoms. The van der Waals surface area contributed by atoms with Gasteiger partial charge in [0.1, 0.15) is 11.5 Å². The van der Waals surface area contributed by atoms with Gasteiger partial charge in [-0.15, -0.1) is 0 Å². The molecule has 4 rings (SSSR count). The number of benzene rings is 1. The summed E-state index contributed by atoms with van der Waals surface area (Å²) in [5.74, 6) is 2.00. The van der Waals surface area contributed by atoms with Crippen LogP contribution in [0.15, 0.2) is 53.1 Å². The van der Waals surface area contributed by atoms with Gasteiger partial charge >= 0.3 is 0 Å². The average molecular weight is 292 g/mol. The lowest BCUT2D eigenvalue weighted by atomic mass is 9.85. The second-order valence-electron chi connectivity index (χ2n) is 5.73. The van der Waals surface area contributed by atoms with E-state index in [4.69, 9.17) is 4.42 Å². The van der Waals surface area contributed by atoms with Crippen molar-refractivity contribution in [3.05, 3.63) is 71.4 Å². The fourth-order valence-corrected chi connectivity index (χ4v) is 3.11. The minimum absolute atomic E-state index is 0.0906. The standard InChI is InChI=1S/C18H16N2O2/c1-12-7-8-18(22-12)13-9-16-15(17(21)10-13)11-19-20(16)14-5-3-2-4-6-14/h2-8,11,13H,9-10H2,1H3/t13-/m1/s1. The number of carbonyl (C=O) groups excluding carboxylic acids is 1. The third-order valence-electron chi connectivity index (χ3n) is 4.21. The van der Waals surface area contributed by atoms with Gasteiger partial charge < -0.3 is 4.42 Å². The van der Waals surface area contributed by atoms with E-state index in [9.17, 15) is 4.79 Å². The van der Waals surface area contributed by atoms with Crippen LogP contribution in [-0.4, -0.2) is 15.6 Å². The van der Waals surface area contributed by atoms with Crippen LogP contribution in [-0.2, 0) is 6.42 Å². The van der Waals surface area contributed by atoms with E-state index in [0.29, 0.717) is 6.42 Å².